The molecule has 3 rings (SSSR count). The van der Waals surface area contributed by atoms with E-state index in [9.17, 15) is 0 Å². The smallest absolute Gasteiger partial charge is 0.181 e. The van der Waals surface area contributed by atoms with E-state index in [-0.39, 0.29) is 0 Å². The topological polar surface area (TPSA) is 67.3 Å². The Kier molecular flexibility index (Phi) is 1.89. The van der Waals surface area contributed by atoms with Gasteiger partial charge in [0.25, 0.3) is 0 Å². The minimum atomic E-state index is 0.685. The summed E-state index contributed by atoms with van der Waals surface area (Å²) in [6.45, 7) is 1.87. The molecule has 78 valence electrons. The van der Waals surface area contributed by atoms with Crippen molar-refractivity contribution in [2.45, 2.75) is 6.92 Å². The maximum Gasteiger partial charge on any atom is 0.181 e. The van der Waals surface area contributed by atoms with Crippen molar-refractivity contribution in [2.75, 3.05) is 0 Å². The summed E-state index contributed by atoms with van der Waals surface area (Å²) in [6, 6.07) is 5.80. The average Bonchev–Trinajstić information content (AvgIpc) is 2.75. The molecule has 0 radical (unpaired) electrons. The van der Waals surface area contributed by atoms with Crippen LogP contribution < -0.4 is 0 Å². The molecule has 5 nitrogen and oxygen atoms in total. The lowest BCUT2D eigenvalue weighted by Crippen LogP contribution is -1.85. The lowest BCUT2D eigenvalue weighted by Gasteiger charge is -1.97. The molecule has 0 spiro atoms. The summed E-state index contributed by atoms with van der Waals surface area (Å²) >= 11 is 0. The molecule has 0 aliphatic rings. The van der Waals surface area contributed by atoms with E-state index in [4.69, 9.17) is 0 Å². The molecule has 0 bridgehead atoms. The van der Waals surface area contributed by atoms with Crippen molar-refractivity contribution in [1.29, 1.82) is 0 Å². The third-order valence-electron chi connectivity index (χ3n) is 2.32. The Morgan fingerprint density at radius 2 is 1.88 bits per heavy atom. The number of fused-ring (bicyclic) bond motifs is 1. The van der Waals surface area contributed by atoms with Crippen LogP contribution in [-0.4, -0.2) is 25.1 Å². The van der Waals surface area contributed by atoms with E-state index in [1.807, 2.05) is 25.1 Å². The van der Waals surface area contributed by atoms with Gasteiger partial charge in [-0.15, -0.1) is 0 Å². The molecule has 5 heteroatoms. The van der Waals surface area contributed by atoms with E-state index in [0.29, 0.717) is 5.82 Å². The summed E-state index contributed by atoms with van der Waals surface area (Å²) in [7, 11) is 0. The van der Waals surface area contributed by atoms with Crippen LogP contribution in [0.1, 0.15) is 5.82 Å². The van der Waals surface area contributed by atoms with Crippen LogP contribution in [0.2, 0.25) is 0 Å². The zero-order chi connectivity index (χ0) is 11.0. The number of hydrogen-bond acceptors (Lipinski definition) is 4. The molecule has 2 aromatic heterocycles. The lowest BCUT2D eigenvalue weighted by atomic mass is 10.2. The molecule has 2 heterocycles. The highest BCUT2D eigenvalue weighted by Crippen LogP contribution is 2.18. The minimum absolute atomic E-state index is 0.685. The van der Waals surface area contributed by atoms with Crippen LogP contribution in [0.5, 0.6) is 0 Å². The molecule has 0 amide bonds. The second-order valence-electron chi connectivity index (χ2n) is 3.50. The van der Waals surface area contributed by atoms with Crippen molar-refractivity contribution in [3.63, 3.8) is 0 Å². The highest BCUT2D eigenvalue weighted by Gasteiger charge is 2.05. The molecule has 0 fully saturated rings. The first-order valence-corrected chi connectivity index (χ1v) is 4.93. The number of nitrogens with zero attached hydrogens (tertiary/aromatic N) is 4. The van der Waals surface area contributed by atoms with Crippen molar-refractivity contribution >= 4 is 11.0 Å². The van der Waals surface area contributed by atoms with Gasteiger partial charge in [0.2, 0.25) is 0 Å². The lowest BCUT2D eigenvalue weighted by molar-refractivity contribution is 1.04. The third-order valence-corrected chi connectivity index (χ3v) is 2.32. The highest BCUT2D eigenvalue weighted by molar-refractivity contribution is 5.79. The van der Waals surface area contributed by atoms with Crippen LogP contribution in [-0.2, 0) is 0 Å². The standard InChI is InChI=1S/C11H9N5/c1-7-14-11(16-15-7)8-2-3-9-10(6-8)13-5-4-12-9/h2-6H,1H3,(H,14,15,16). The molecule has 0 unspecified atom stereocenters. The number of aryl methyl sites for hydroxylation is 1. The fourth-order valence-corrected chi connectivity index (χ4v) is 1.57. The van der Waals surface area contributed by atoms with Gasteiger partial charge in [-0.2, -0.15) is 5.10 Å². The Morgan fingerprint density at radius 1 is 1.06 bits per heavy atom. The van der Waals surface area contributed by atoms with Crippen LogP contribution in [0.15, 0.2) is 30.6 Å². The molecular formula is C11H9N5. The van der Waals surface area contributed by atoms with Crippen LogP contribution in [0.25, 0.3) is 22.4 Å². The number of benzene rings is 1. The van der Waals surface area contributed by atoms with Crippen LogP contribution in [0.3, 0.4) is 0 Å². The van der Waals surface area contributed by atoms with Gasteiger partial charge in [0, 0.05) is 18.0 Å². The van der Waals surface area contributed by atoms with Crippen molar-refractivity contribution < 1.29 is 0 Å². The van der Waals surface area contributed by atoms with Gasteiger partial charge in [0.1, 0.15) is 5.82 Å². The zero-order valence-electron chi connectivity index (χ0n) is 8.68. The van der Waals surface area contributed by atoms with Gasteiger partial charge < -0.3 is 0 Å². The number of H-pyrrole nitrogens is 1. The minimum Gasteiger partial charge on any atom is -0.263 e. The quantitative estimate of drug-likeness (QED) is 0.665. The monoisotopic (exact) mass is 211 g/mol. The van der Waals surface area contributed by atoms with Gasteiger partial charge in [-0.1, -0.05) is 0 Å². The summed E-state index contributed by atoms with van der Waals surface area (Å²) in [4.78, 5) is 12.7. The Morgan fingerprint density at radius 3 is 2.62 bits per heavy atom. The average molecular weight is 211 g/mol. The number of aromatic amines is 1. The van der Waals surface area contributed by atoms with E-state index in [2.05, 4.69) is 25.1 Å². The Balaban J connectivity index is 2.18. The van der Waals surface area contributed by atoms with E-state index >= 15 is 0 Å². The first-order valence-electron chi connectivity index (χ1n) is 4.93. The molecule has 3 aromatic rings. The second-order valence-corrected chi connectivity index (χ2v) is 3.50. The zero-order valence-corrected chi connectivity index (χ0v) is 8.68. The summed E-state index contributed by atoms with van der Waals surface area (Å²) < 4.78 is 0. The SMILES string of the molecule is Cc1nc(-c2ccc3nccnc3c2)n[nH]1. The maximum atomic E-state index is 4.27. The fourth-order valence-electron chi connectivity index (χ4n) is 1.57. The van der Waals surface area contributed by atoms with Crippen molar-refractivity contribution in [2.24, 2.45) is 0 Å². The molecule has 1 aromatic carbocycles. The van der Waals surface area contributed by atoms with Crippen LogP contribution in [0, 0.1) is 6.92 Å². The predicted octanol–water partition coefficient (Wildman–Crippen LogP) is 1.72. The van der Waals surface area contributed by atoms with E-state index < -0.39 is 0 Å². The first kappa shape index (κ1) is 8.96. The Labute approximate surface area is 91.6 Å². The van der Waals surface area contributed by atoms with Gasteiger partial charge in [-0.25, -0.2) is 4.98 Å². The molecule has 16 heavy (non-hydrogen) atoms. The van der Waals surface area contributed by atoms with Crippen molar-refractivity contribution in [3.05, 3.63) is 36.4 Å². The maximum absolute atomic E-state index is 4.27. The number of aromatic nitrogens is 5. The van der Waals surface area contributed by atoms with Gasteiger partial charge in [0.15, 0.2) is 5.82 Å². The van der Waals surface area contributed by atoms with E-state index in [0.717, 1.165) is 22.4 Å². The summed E-state index contributed by atoms with van der Waals surface area (Å²) in [5.74, 6) is 1.49. The Hall–Kier alpha value is -2.30. The number of nitrogens with one attached hydrogen (secondary N) is 1. The summed E-state index contributed by atoms with van der Waals surface area (Å²) in [5, 5.41) is 6.93. The summed E-state index contributed by atoms with van der Waals surface area (Å²) in [6.07, 6.45) is 3.36. The van der Waals surface area contributed by atoms with Crippen molar-refractivity contribution in [1.82, 2.24) is 25.1 Å². The highest BCUT2D eigenvalue weighted by atomic mass is 15.2. The van der Waals surface area contributed by atoms with E-state index in [1.165, 1.54) is 0 Å². The molecule has 0 aliphatic heterocycles. The van der Waals surface area contributed by atoms with Gasteiger partial charge in [-0.05, 0) is 25.1 Å². The molecule has 0 atom stereocenters. The molecule has 0 saturated heterocycles. The van der Waals surface area contributed by atoms with Gasteiger partial charge in [0.05, 0.1) is 11.0 Å². The third kappa shape index (κ3) is 1.42. The predicted molar refractivity (Wildman–Crippen MR) is 59.7 cm³/mol. The largest absolute Gasteiger partial charge is 0.263 e. The van der Waals surface area contributed by atoms with Gasteiger partial charge in [-0.3, -0.25) is 15.1 Å². The molecular weight excluding hydrogens is 202 g/mol. The first-order chi connectivity index (χ1) is 7.83. The van der Waals surface area contributed by atoms with Gasteiger partial charge >= 0.3 is 0 Å². The second kappa shape index (κ2) is 3.37. The van der Waals surface area contributed by atoms with Crippen LogP contribution >= 0.6 is 0 Å². The van der Waals surface area contributed by atoms with E-state index in [1.54, 1.807) is 12.4 Å². The van der Waals surface area contributed by atoms with Crippen LogP contribution in [0.4, 0.5) is 0 Å². The molecule has 0 aliphatic carbocycles. The fraction of sp³-hybridized carbons (Fsp3) is 0.0909. The van der Waals surface area contributed by atoms with Crippen molar-refractivity contribution in [3.8, 4) is 11.4 Å². The Bertz CT molecular complexity index is 643. The number of rotatable bonds is 1. The summed E-state index contributed by atoms with van der Waals surface area (Å²) in [5.41, 5.74) is 2.67. The molecule has 0 saturated carbocycles. The number of hydrogen-bond donors (Lipinski definition) is 1. The molecule has 1 N–H and O–H groups in total. The normalized spacial score (nSPS) is 10.8.